The van der Waals surface area contributed by atoms with Gasteiger partial charge < -0.3 is 4.74 Å². The van der Waals surface area contributed by atoms with Gasteiger partial charge in [-0.1, -0.05) is 0 Å². The molecular weight excluding hydrogens is 196 g/mol. The number of hydrogen-bond acceptors (Lipinski definition) is 3. The van der Waals surface area contributed by atoms with Crippen LogP contribution in [0, 0.1) is 0 Å². The van der Waals surface area contributed by atoms with Crippen molar-refractivity contribution in [2.75, 3.05) is 0 Å². The van der Waals surface area contributed by atoms with Crippen LogP contribution in [-0.4, -0.2) is 11.2 Å². The van der Waals surface area contributed by atoms with Crippen molar-refractivity contribution in [3.8, 4) is 5.75 Å². The molecule has 0 amide bonds. The third-order valence-corrected chi connectivity index (χ3v) is 3.26. The fourth-order valence-corrected chi connectivity index (χ4v) is 2.18. The molecule has 0 atom stereocenters. The van der Waals surface area contributed by atoms with Crippen LogP contribution in [0.3, 0.4) is 0 Å². The van der Waals surface area contributed by atoms with Crippen molar-refractivity contribution in [3.05, 3.63) is 24.3 Å². The third kappa shape index (κ3) is 2.77. The number of carbonyl (C=O) groups is 1. The van der Waals surface area contributed by atoms with Crippen LogP contribution >= 0.6 is 11.8 Å². The standard InChI is InChI=1S/C11H12O2S/c1-8(12)13-9-2-4-10(5-3-9)14-11-6-7-11/h2-5,11H,6-7H2,1H3. The smallest absolute Gasteiger partial charge is 0.308 e. The van der Waals surface area contributed by atoms with Gasteiger partial charge in [0.15, 0.2) is 0 Å². The fourth-order valence-electron chi connectivity index (χ4n) is 1.13. The molecule has 0 bridgehead atoms. The van der Waals surface area contributed by atoms with E-state index in [9.17, 15) is 4.79 Å². The first kappa shape index (κ1) is 9.59. The lowest BCUT2D eigenvalue weighted by Crippen LogP contribution is -2.00. The van der Waals surface area contributed by atoms with Crippen LogP contribution in [0.25, 0.3) is 0 Å². The summed E-state index contributed by atoms with van der Waals surface area (Å²) >= 11 is 1.90. The van der Waals surface area contributed by atoms with E-state index < -0.39 is 0 Å². The summed E-state index contributed by atoms with van der Waals surface area (Å²) in [5, 5.41) is 0.814. The molecule has 0 N–H and O–H groups in total. The summed E-state index contributed by atoms with van der Waals surface area (Å²) in [5.74, 6) is 0.352. The molecule has 14 heavy (non-hydrogen) atoms. The van der Waals surface area contributed by atoms with Crippen molar-refractivity contribution in [3.63, 3.8) is 0 Å². The average molecular weight is 208 g/mol. The summed E-state index contributed by atoms with van der Waals surface area (Å²) in [7, 11) is 0. The summed E-state index contributed by atoms with van der Waals surface area (Å²) < 4.78 is 4.94. The van der Waals surface area contributed by atoms with Crippen molar-refractivity contribution in [1.82, 2.24) is 0 Å². The van der Waals surface area contributed by atoms with Gasteiger partial charge in [-0.05, 0) is 37.1 Å². The zero-order valence-electron chi connectivity index (χ0n) is 8.03. The molecule has 1 aliphatic rings. The Kier molecular flexibility index (Phi) is 2.77. The molecule has 1 aliphatic carbocycles. The summed E-state index contributed by atoms with van der Waals surface area (Å²) in [6.07, 6.45) is 2.66. The van der Waals surface area contributed by atoms with Gasteiger partial charge in [0.1, 0.15) is 5.75 Å². The van der Waals surface area contributed by atoms with Crippen molar-refractivity contribution in [2.24, 2.45) is 0 Å². The molecule has 1 aromatic carbocycles. The number of ether oxygens (including phenoxy) is 1. The van der Waals surface area contributed by atoms with Gasteiger partial charge in [-0.3, -0.25) is 4.79 Å². The molecule has 2 nitrogen and oxygen atoms in total. The number of hydrogen-bond donors (Lipinski definition) is 0. The van der Waals surface area contributed by atoms with E-state index in [1.54, 1.807) is 0 Å². The maximum absolute atomic E-state index is 10.7. The van der Waals surface area contributed by atoms with E-state index in [0.717, 1.165) is 5.25 Å². The predicted molar refractivity (Wildman–Crippen MR) is 56.6 cm³/mol. The minimum atomic E-state index is -0.271. The van der Waals surface area contributed by atoms with Crippen LogP contribution < -0.4 is 4.74 Å². The topological polar surface area (TPSA) is 26.3 Å². The van der Waals surface area contributed by atoms with Crippen LogP contribution in [0.4, 0.5) is 0 Å². The Morgan fingerprint density at radius 1 is 1.36 bits per heavy atom. The van der Waals surface area contributed by atoms with Crippen LogP contribution in [-0.2, 0) is 4.79 Å². The maximum Gasteiger partial charge on any atom is 0.308 e. The van der Waals surface area contributed by atoms with Crippen LogP contribution in [0.15, 0.2) is 29.2 Å². The summed E-state index contributed by atoms with van der Waals surface area (Å²) in [6.45, 7) is 1.41. The van der Waals surface area contributed by atoms with Gasteiger partial charge in [-0.15, -0.1) is 11.8 Å². The highest BCUT2D eigenvalue weighted by Crippen LogP contribution is 2.39. The number of rotatable bonds is 3. The number of carbonyl (C=O) groups excluding carboxylic acids is 1. The molecule has 0 radical (unpaired) electrons. The van der Waals surface area contributed by atoms with Crippen LogP contribution in [0.2, 0.25) is 0 Å². The molecule has 3 heteroatoms. The molecule has 0 saturated heterocycles. The predicted octanol–water partition coefficient (Wildman–Crippen LogP) is 2.87. The lowest BCUT2D eigenvalue weighted by atomic mass is 10.3. The van der Waals surface area contributed by atoms with E-state index in [4.69, 9.17) is 4.74 Å². The highest BCUT2D eigenvalue weighted by Gasteiger charge is 2.22. The van der Waals surface area contributed by atoms with Gasteiger partial charge in [0.25, 0.3) is 0 Å². The summed E-state index contributed by atoms with van der Waals surface area (Å²) in [5.41, 5.74) is 0. The quantitative estimate of drug-likeness (QED) is 0.564. The van der Waals surface area contributed by atoms with E-state index in [1.165, 1.54) is 24.7 Å². The maximum atomic E-state index is 10.7. The van der Waals surface area contributed by atoms with Gasteiger partial charge in [-0.2, -0.15) is 0 Å². The zero-order valence-corrected chi connectivity index (χ0v) is 8.84. The summed E-state index contributed by atoms with van der Waals surface area (Å²) in [4.78, 5) is 11.9. The van der Waals surface area contributed by atoms with Gasteiger partial charge >= 0.3 is 5.97 Å². The highest BCUT2D eigenvalue weighted by atomic mass is 32.2. The summed E-state index contributed by atoms with van der Waals surface area (Å²) in [6, 6.07) is 7.68. The second-order valence-electron chi connectivity index (χ2n) is 3.38. The first-order valence-corrected chi connectivity index (χ1v) is 5.57. The molecule has 1 aromatic rings. The van der Waals surface area contributed by atoms with E-state index >= 15 is 0 Å². The van der Waals surface area contributed by atoms with E-state index in [0.29, 0.717) is 5.75 Å². The second-order valence-corrected chi connectivity index (χ2v) is 4.76. The van der Waals surface area contributed by atoms with E-state index in [-0.39, 0.29) is 5.97 Å². The molecular formula is C11H12O2S. The van der Waals surface area contributed by atoms with Crippen molar-refractivity contribution in [1.29, 1.82) is 0 Å². The Balaban J connectivity index is 1.97. The van der Waals surface area contributed by atoms with Gasteiger partial charge in [0.2, 0.25) is 0 Å². The first-order valence-electron chi connectivity index (χ1n) is 4.69. The Bertz CT molecular complexity index is 328. The number of benzene rings is 1. The third-order valence-electron chi connectivity index (χ3n) is 1.91. The largest absolute Gasteiger partial charge is 0.427 e. The lowest BCUT2D eigenvalue weighted by Gasteiger charge is -2.02. The van der Waals surface area contributed by atoms with Crippen molar-refractivity contribution >= 4 is 17.7 Å². The number of esters is 1. The monoisotopic (exact) mass is 208 g/mol. The molecule has 0 aromatic heterocycles. The average Bonchev–Trinajstić information content (AvgIpc) is 2.91. The molecule has 0 unspecified atom stereocenters. The Labute approximate surface area is 87.6 Å². The zero-order chi connectivity index (χ0) is 9.97. The molecule has 1 fully saturated rings. The Hall–Kier alpha value is -0.960. The Morgan fingerprint density at radius 2 is 2.00 bits per heavy atom. The fraction of sp³-hybridized carbons (Fsp3) is 0.364. The molecule has 1 saturated carbocycles. The molecule has 0 aliphatic heterocycles. The lowest BCUT2D eigenvalue weighted by molar-refractivity contribution is -0.131. The number of thioether (sulfide) groups is 1. The minimum Gasteiger partial charge on any atom is -0.427 e. The van der Waals surface area contributed by atoms with Crippen molar-refractivity contribution in [2.45, 2.75) is 29.9 Å². The first-order chi connectivity index (χ1) is 6.74. The van der Waals surface area contributed by atoms with Gasteiger partial charge in [0, 0.05) is 17.1 Å². The van der Waals surface area contributed by atoms with Crippen LogP contribution in [0.5, 0.6) is 5.75 Å². The SMILES string of the molecule is CC(=O)Oc1ccc(SC2CC2)cc1. The molecule has 2 rings (SSSR count). The molecule has 0 spiro atoms. The molecule has 74 valence electrons. The van der Waals surface area contributed by atoms with Gasteiger partial charge in [-0.25, -0.2) is 0 Å². The van der Waals surface area contributed by atoms with E-state index in [1.807, 2.05) is 36.0 Å². The molecule has 0 heterocycles. The highest BCUT2D eigenvalue weighted by molar-refractivity contribution is 8.00. The van der Waals surface area contributed by atoms with Crippen molar-refractivity contribution < 1.29 is 9.53 Å². The minimum absolute atomic E-state index is 0.271. The normalized spacial score (nSPS) is 15.2. The van der Waals surface area contributed by atoms with Gasteiger partial charge in [0.05, 0.1) is 0 Å². The Morgan fingerprint density at radius 3 is 2.50 bits per heavy atom. The van der Waals surface area contributed by atoms with Crippen LogP contribution in [0.1, 0.15) is 19.8 Å². The van der Waals surface area contributed by atoms with E-state index in [2.05, 4.69) is 0 Å². The second kappa shape index (κ2) is 4.05.